The number of benzene rings is 2. The van der Waals surface area contributed by atoms with Crippen molar-refractivity contribution in [3.63, 3.8) is 0 Å². The van der Waals surface area contributed by atoms with E-state index in [1.54, 1.807) is 0 Å². The number of hydrogen-bond donors (Lipinski definition) is 1. The number of amidine groups is 1. The minimum absolute atomic E-state index is 0.0687. The van der Waals surface area contributed by atoms with Gasteiger partial charge in [0.2, 0.25) is 0 Å². The summed E-state index contributed by atoms with van der Waals surface area (Å²) in [5.74, 6) is -1.70. The molecule has 0 spiro atoms. The Kier molecular flexibility index (Phi) is 5.75. The molecular weight excluding hydrogens is 358 g/mol. The zero-order valence-electron chi connectivity index (χ0n) is 13.4. The van der Waals surface area contributed by atoms with E-state index < -0.39 is 22.5 Å². The summed E-state index contributed by atoms with van der Waals surface area (Å²) in [5.41, 5.74) is 1.54. The van der Waals surface area contributed by atoms with Gasteiger partial charge in [-0.15, -0.1) is 0 Å². The quantitative estimate of drug-likeness (QED) is 0.262. The first kappa shape index (κ1) is 19.2. The molecule has 2 aromatic carbocycles. The largest absolute Gasteiger partial charge is 0.454 e. The molecule has 0 aromatic heterocycles. The van der Waals surface area contributed by atoms with Crippen LogP contribution in [-0.4, -0.2) is 10.8 Å². The van der Waals surface area contributed by atoms with Crippen LogP contribution in [0.4, 0.5) is 23.2 Å². The second-order valence-corrected chi connectivity index (χ2v) is 5.02. The zero-order chi connectivity index (χ0) is 19.3. The van der Waals surface area contributed by atoms with Crippen molar-refractivity contribution in [2.24, 2.45) is 5.10 Å². The maximum absolute atomic E-state index is 14.1. The zero-order valence-corrected chi connectivity index (χ0v) is 13.4. The topological polar surface area (TPSA) is 76.8 Å². The van der Waals surface area contributed by atoms with E-state index in [9.17, 15) is 27.7 Å². The van der Waals surface area contributed by atoms with E-state index in [1.165, 1.54) is 25.1 Å². The van der Waals surface area contributed by atoms with Crippen LogP contribution in [0.2, 0.25) is 0 Å². The van der Waals surface area contributed by atoms with Crippen LogP contribution < -0.4 is 10.2 Å². The van der Waals surface area contributed by atoms with Crippen LogP contribution in [0.5, 0.6) is 11.5 Å². The normalized spacial score (nSPS) is 12.0. The maximum Gasteiger partial charge on any atom is 0.416 e. The Morgan fingerprint density at radius 1 is 1.27 bits per heavy atom. The number of rotatable bonds is 5. The van der Waals surface area contributed by atoms with Crippen molar-refractivity contribution in [3.05, 3.63) is 64.0 Å². The molecule has 0 saturated carbocycles. The van der Waals surface area contributed by atoms with Crippen LogP contribution in [0.3, 0.4) is 0 Å². The van der Waals surface area contributed by atoms with Gasteiger partial charge in [-0.2, -0.15) is 18.6 Å². The highest BCUT2D eigenvalue weighted by molar-refractivity contribution is 5.74. The van der Waals surface area contributed by atoms with Crippen LogP contribution in [0.25, 0.3) is 0 Å². The van der Waals surface area contributed by atoms with Crippen LogP contribution in [-0.2, 0) is 6.18 Å². The molecule has 0 radical (unpaired) electrons. The van der Waals surface area contributed by atoms with E-state index in [0.29, 0.717) is 0 Å². The Hall–Kier alpha value is -3.17. The second kappa shape index (κ2) is 7.81. The summed E-state index contributed by atoms with van der Waals surface area (Å²) in [6.07, 6.45) is -4.48. The van der Waals surface area contributed by atoms with E-state index in [-0.39, 0.29) is 29.4 Å². The number of hydrazone groups is 1. The van der Waals surface area contributed by atoms with E-state index in [4.69, 9.17) is 4.74 Å². The first-order valence-electron chi connectivity index (χ1n) is 7.32. The first-order valence-corrected chi connectivity index (χ1v) is 7.32. The van der Waals surface area contributed by atoms with Gasteiger partial charge in [0, 0.05) is 6.07 Å². The highest BCUT2D eigenvalue weighted by atomic mass is 19.4. The van der Waals surface area contributed by atoms with Gasteiger partial charge in [-0.05, 0) is 35.3 Å². The predicted octanol–water partition coefficient (Wildman–Crippen LogP) is 5.05. The Morgan fingerprint density at radius 3 is 2.58 bits per heavy atom. The van der Waals surface area contributed by atoms with Gasteiger partial charge in [-0.1, -0.05) is 13.0 Å². The van der Waals surface area contributed by atoms with Gasteiger partial charge in [0.25, 0.3) is 0 Å². The average Bonchev–Trinajstić information content (AvgIpc) is 2.57. The Morgan fingerprint density at radius 2 is 2.00 bits per heavy atom. The first-order chi connectivity index (χ1) is 12.2. The number of anilines is 1. The molecule has 6 nitrogen and oxygen atoms in total. The number of ether oxygens (including phenoxy) is 1. The lowest BCUT2D eigenvalue weighted by Crippen LogP contribution is -2.12. The summed E-state index contributed by atoms with van der Waals surface area (Å²) >= 11 is 0. The number of nitrogens with zero attached hydrogens (tertiary/aromatic N) is 2. The SMILES string of the molecule is CC/C(=N/Nc1ccc(Oc2cccc(C(F)(F)F)c2)c(F)c1)[N+](=O)[O-]. The molecule has 1 N–H and O–H groups in total. The van der Waals surface area contributed by atoms with Gasteiger partial charge >= 0.3 is 12.0 Å². The minimum Gasteiger partial charge on any atom is -0.454 e. The van der Waals surface area contributed by atoms with Crippen molar-refractivity contribution in [2.45, 2.75) is 19.5 Å². The van der Waals surface area contributed by atoms with Crippen molar-refractivity contribution >= 4 is 11.5 Å². The molecule has 138 valence electrons. The third-order valence-electron chi connectivity index (χ3n) is 3.16. The van der Waals surface area contributed by atoms with Crippen LogP contribution in [0.1, 0.15) is 18.9 Å². The smallest absolute Gasteiger partial charge is 0.416 e. The average molecular weight is 371 g/mol. The summed E-state index contributed by atoms with van der Waals surface area (Å²) in [5, 5.41) is 14.2. The van der Waals surface area contributed by atoms with Crippen LogP contribution in [0, 0.1) is 15.9 Å². The molecule has 2 aromatic rings. The number of nitro groups is 1. The Bertz CT molecular complexity index is 838. The van der Waals surface area contributed by atoms with Crippen LogP contribution in [0.15, 0.2) is 47.6 Å². The molecule has 0 fully saturated rings. The molecular formula is C16H13F4N3O3. The second-order valence-electron chi connectivity index (χ2n) is 5.02. The lowest BCUT2D eigenvalue weighted by Gasteiger charge is -2.10. The molecule has 0 aliphatic heterocycles. The molecule has 0 saturated heterocycles. The molecule has 0 aliphatic carbocycles. The molecule has 0 atom stereocenters. The molecule has 0 unspecified atom stereocenters. The molecule has 0 heterocycles. The summed E-state index contributed by atoms with van der Waals surface area (Å²) in [6, 6.07) is 7.48. The third kappa shape index (κ3) is 4.91. The van der Waals surface area contributed by atoms with Gasteiger partial charge in [0.05, 0.1) is 22.8 Å². The minimum atomic E-state index is -4.54. The Balaban J connectivity index is 2.17. The summed E-state index contributed by atoms with van der Waals surface area (Å²) < 4.78 is 57.2. The van der Waals surface area contributed by atoms with Gasteiger partial charge in [0.1, 0.15) is 5.75 Å². The fourth-order valence-electron chi connectivity index (χ4n) is 1.89. The summed E-state index contributed by atoms with van der Waals surface area (Å²) in [7, 11) is 0. The third-order valence-corrected chi connectivity index (χ3v) is 3.16. The van der Waals surface area contributed by atoms with Crippen molar-refractivity contribution in [2.75, 3.05) is 5.43 Å². The molecule has 2 rings (SSSR count). The van der Waals surface area contributed by atoms with Gasteiger partial charge < -0.3 is 14.9 Å². The van der Waals surface area contributed by atoms with E-state index in [1.807, 2.05) is 0 Å². The molecule has 26 heavy (non-hydrogen) atoms. The van der Waals surface area contributed by atoms with Gasteiger partial charge in [0.15, 0.2) is 11.6 Å². The number of alkyl halides is 3. The number of halogens is 4. The monoisotopic (exact) mass is 371 g/mol. The van der Waals surface area contributed by atoms with Crippen molar-refractivity contribution < 1.29 is 27.2 Å². The van der Waals surface area contributed by atoms with Crippen molar-refractivity contribution in [3.8, 4) is 11.5 Å². The molecule has 0 aliphatic rings. The van der Waals surface area contributed by atoms with Crippen LogP contribution >= 0.6 is 0 Å². The fourth-order valence-corrected chi connectivity index (χ4v) is 1.89. The lowest BCUT2D eigenvalue weighted by atomic mass is 10.2. The van der Waals surface area contributed by atoms with E-state index in [2.05, 4.69) is 10.5 Å². The van der Waals surface area contributed by atoms with Gasteiger partial charge in [-0.3, -0.25) is 0 Å². The highest BCUT2D eigenvalue weighted by Gasteiger charge is 2.30. The molecule has 0 amide bonds. The summed E-state index contributed by atoms with van der Waals surface area (Å²) in [4.78, 5) is 9.96. The lowest BCUT2D eigenvalue weighted by molar-refractivity contribution is -0.353. The van der Waals surface area contributed by atoms with Gasteiger partial charge in [-0.25, -0.2) is 4.39 Å². The van der Waals surface area contributed by atoms with Crippen molar-refractivity contribution in [1.82, 2.24) is 0 Å². The van der Waals surface area contributed by atoms with E-state index >= 15 is 0 Å². The maximum atomic E-state index is 14.1. The molecule has 10 heteroatoms. The van der Waals surface area contributed by atoms with Crippen molar-refractivity contribution in [1.29, 1.82) is 0 Å². The summed E-state index contributed by atoms with van der Waals surface area (Å²) in [6.45, 7) is 1.54. The number of hydrogen-bond acceptors (Lipinski definition) is 5. The fraction of sp³-hybridized carbons (Fsp3) is 0.188. The Labute approximate surface area is 145 Å². The highest BCUT2D eigenvalue weighted by Crippen LogP contribution is 2.33. The number of nitrogens with one attached hydrogen (secondary N) is 1. The molecule has 0 bridgehead atoms. The predicted molar refractivity (Wildman–Crippen MR) is 86.3 cm³/mol. The standard InChI is InChI=1S/C16H13F4N3O3/c1-2-15(23(24)25)22-21-11-6-7-14(13(17)9-11)26-12-5-3-4-10(8-12)16(18,19)20/h3-9,21H,2H2,1H3/b22-15-. The van der Waals surface area contributed by atoms with E-state index in [0.717, 1.165) is 24.3 Å².